The number of imidazole rings is 1. The van der Waals surface area contributed by atoms with Gasteiger partial charge in [-0.2, -0.15) is 0 Å². The Kier molecular flexibility index (Phi) is 2.28. The molecular formula is C6H12N4. The number of nitrogens with one attached hydrogen (secondary N) is 1. The molecule has 0 atom stereocenters. The molecule has 0 aliphatic carbocycles. The van der Waals surface area contributed by atoms with Crippen LogP contribution in [0.4, 0.5) is 5.95 Å². The van der Waals surface area contributed by atoms with Gasteiger partial charge >= 0.3 is 0 Å². The summed E-state index contributed by atoms with van der Waals surface area (Å²) in [5.41, 5.74) is 5.30. The second kappa shape index (κ2) is 3.22. The molecule has 4 heteroatoms. The fraction of sp³-hybridized carbons (Fsp3) is 0.500. The van der Waals surface area contributed by atoms with Crippen LogP contribution in [0, 0.1) is 0 Å². The van der Waals surface area contributed by atoms with Crippen LogP contribution in [0.25, 0.3) is 0 Å². The van der Waals surface area contributed by atoms with Crippen LogP contribution in [0.2, 0.25) is 0 Å². The van der Waals surface area contributed by atoms with Gasteiger partial charge < -0.3 is 15.6 Å². The van der Waals surface area contributed by atoms with E-state index >= 15 is 0 Å². The predicted molar refractivity (Wildman–Crippen MR) is 40.8 cm³/mol. The van der Waals surface area contributed by atoms with Crippen LogP contribution in [0.3, 0.4) is 0 Å². The van der Waals surface area contributed by atoms with Crippen molar-refractivity contribution in [3.8, 4) is 0 Å². The molecule has 0 saturated heterocycles. The number of nitrogens with two attached hydrogens (primary N) is 1. The smallest absolute Gasteiger partial charge is 0.202 e. The lowest BCUT2D eigenvalue weighted by molar-refractivity contribution is 0.892. The van der Waals surface area contributed by atoms with Crippen LogP contribution in [-0.2, 0) is 7.05 Å². The largest absolute Gasteiger partial charge is 0.354 e. The molecule has 1 rings (SSSR count). The molecule has 1 aromatic heterocycles. The quantitative estimate of drug-likeness (QED) is 0.611. The summed E-state index contributed by atoms with van der Waals surface area (Å²) in [7, 11) is 1.94. The first-order valence-electron chi connectivity index (χ1n) is 3.26. The van der Waals surface area contributed by atoms with Gasteiger partial charge in [-0.05, 0) is 0 Å². The Morgan fingerprint density at radius 1 is 1.80 bits per heavy atom. The Hall–Kier alpha value is -1.03. The summed E-state index contributed by atoms with van der Waals surface area (Å²) in [6, 6.07) is 0. The molecule has 0 bridgehead atoms. The molecule has 4 nitrogen and oxygen atoms in total. The maximum Gasteiger partial charge on any atom is 0.202 e. The molecule has 1 aromatic rings. The van der Waals surface area contributed by atoms with Gasteiger partial charge in [0.15, 0.2) is 0 Å². The topological polar surface area (TPSA) is 55.9 Å². The molecule has 0 aromatic carbocycles. The van der Waals surface area contributed by atoms with E-state index < -0.39 is 0 Å². The highest BCUT2D eigenvalue weighted by Crippen LogP contribution is 1.98. The highest BCUT2D eigenvalue weighted by atomic mass is 15.2. The maximum absolute atomic E-state index is 5.30. The average molecular weight is 140 g/mol. The van der Waals surface area contributed by atoms with Crippen molar-refractivity contribution in [3.63, 3.8) is 0 Å². The van der Waals surface area contributed by atoms with Crippen molar-refractivity contribution in [2.24, 2.45) is 12.8 Å². The number of nitrogens with zero attached hydrogens (tertiary/aromatic N) is 2. The van der Waals surface area contributed by atoms with E-state index in [1.165, 1.54) is 0 Å². The van der Waals surface area contributed by atoms with Gasteiger partial charge in [0.1, 0.15) is 0 Å². The predicted octanol–water partition coefficient (Wildman–Crippen LogP) is -0.209. The Morgan fingerprint density at radius 3 is 3.10 bits per heavy atom. The van der Waals surface area contributed by atoms with E-state index in [1.54, 1.807) is 6.20 Å². The van der Waals surface area contributed by atoms with Crippen LogP contribution in [0.1, 0.15) is 0 Å². The molecule has 0 spiro atoms. The molecule has 0 aliphatic rings. The van der Waals surface area contributed by atoms with Crippen LogP contribution in [0.5, 0.6) is 0 Å². The van der Waals surface area contributed by atoms with E-state index in [0.29, 0.717) is 6.54 Å². The second-order valence-corrected chi connectivity index (χ2v) is 2.08. The fourth-order valence-corrected chi connectivity index (χ4v) is 0.720. The number of rotatable bonds is 3. The van der Waals surface area contributed by atoms with Gasteiger partial charge in [-0.3, -0.25) is 0 Å². The van der Waals surface area contributed by atoms with E-state index in [4.69, 9.17) is 5.73 Å². The Balaban J connectivity index is 2.49. The van der Waals surface area contributed by atoms with Crippen molar-refractivity contribution in [1.82, 2.24) is 9.55 Å². The van der Waals surface area contributed by atoms with E-state index in [9.17, 15) is 0 Å². The van der Waals surface area contributed by atoms with E-state index in [-0.39, 0.29) is 0 Å². The normalized spacial score (nSPS) is 9.80. The molecule has 0 unspecified atom stereocenters. The van der Waals surface area contributed by atoms with E-state index in [1.807, 2.05) is 17.8 Å². The summed E-state index contributed by atoms with van der Waals surface area (Å²) in [5, 5.41) is 3.07. The van der Waals surface area contributed by atoms with Gasteiger partial charge in [0.05, 0.1) is 0 Å². The minimum absolute atomic E-state index is 0.632. The van der Waals surface area contributed by atoms with Crippen molar-refractivity contribution in [1.29, 1.82) is 0 Å². The van der Waals surface area contributed by atoms with Gasteiger partial charge in [0.25, 0.3) is 0 Å². The first kappa shape index (κ1) is 7.08. The summed E-state index contributed by atoms with van der Waals surface area (Å²) < 4.78 is 1.91. The van der Waals surface area contributed by atoms with Gasteiger partial charge in [0, 0.05) is 32.5 Å². The highest BCUT2D eigenvalue weighted by molar-refractivity contribution is 5.24. The second-order valence-electron chi connectivity index (χ2n) is 2.08. The SMILES string of the molecule is Cn1ccnc1NCCN. The number of anilines is 1. The molecule has 0 aliphatic heterocycles. The average Bonchev–Trinajstić information content (AvgIpc) is 2.31. The minimum atomic E-state index is 0.632. The van der Waals surface area contributed by atoms with Crippen molar-refractivity contribution in [3.05, 3.63) is 12.4 Å². The fourth-order valence-electron chi connectivity index (χ4n) is 0.720. The monoisotopic (exact) mass is 140 g/mol. The Bertz CT molecular complexity index is 193. The molecule has 1 heterocycles. The molecular weight excluding hydrogens is 128 g/mol. The summed E-state index contributed by atoms with van der Waals surface area (Å²) in [5.74, 6) is 0.866. The third kappa shape index (κ3) is 1.48. The number of hydrogen-bond acceptors (Lipinski definition) is 3. The van der Waals surface area contributed by atoms with Crippen molar-refractivity contribution >= 4 is 5.95 Å². The first-order chi connectivity index (χ1) is 4.84. The van der Waals surface area contributed by atoms with Crippen molar-refractivity contribution < 1.29 is 0 Å². The zero-order chi connectivity index (χ0) is 7.40. The maximum atomic E-state index is 5.30. The molecule has 56 valence electrons. The zero-order valence-electron chi connectivity index (χ0n) is 6.04. The Morgan fingerprint density at radius 2 is 2.60 bits per heavy atom. The molecule has 10 heavy (non-hydrogen) atoms. The molecule has 0 amide bonds. The van der Waals surface area contributed by atoms with Gasteiger partial charge in [-0.25, -0.2) is 4.98 Å². The van der Waals surface area contributed by atoms with Crippen LogP contribution >= 0.6 is 0 Å². The third-order valence-corrected chi connectivity index (χ3v) is 1.25. The van der Waals surface area contributed by atoms with Crippen LogP contribution < -0.4 is 11.1 Å². The number of hydrogen-bond donors (Lipinski definition) is 2. The van der Waals surface area contributed by atoms with E-state index in [0.717, 1.165) is 12.5 Å². The summed E-state index contributed by atoms with van der Waals surface area (Å²) in [6.07, 6.45) is 3.64. The summed E-state index contributed by atoms with van der Waals surface area (Å²) >= 11 is 0. The van der Waals surface area contributed by atoms with E-state index in [2.05, 4.69) is 10.3 Å². The Labute approximate surface area is 60.1 Å². The van der Waals surface area contributed by atoms with Crippen LogP contribution in [0.15, 0.2) is 12.4 Å². The number of aryl methyl sites for hydroxylation is 1. The first-order valence-corrected chi connectivity index (χ1v) is 3.26. The van der Waals surface area contributed by atoms with Gasteiger partial charge in [-0.1, -0.05) is 0 Å². The lowest BCUT2D eigenvalue weighted by Crippen LogP contribution is -2.15. The summed E-state index contributed by atoms with van der Waals surface area (Å²) in [6.45, 7) is 1.40. The third-order valence-electron chi connectivity index (χ3n) is 1.25. The highest BCUT2D eigenvalue weighted by Gasteiger charge is 1.93. The van der Waals surface area contributed by atoms with Crippen molar-refractivity contribution in [2.75, 3.05) is 18.4 Å². The lowest BCUT2D eigenvalue weighted by Gasteiger charge is -2.02. The van der Waals surface area contributed by atoms with Gasteiger partial charge in [0.2, 0.25) is 5.95 Å². The molecule has 0 saturated carbocycles. The van der Waals surface area contributed by atoms with Gasteiger partial charge in [-0.15, -0.1) is 0 Å². The molecule has 3 N–H and O–H groups in total. The molecule has 0 fully saturated rings. The standard InChI is InChI=1S/C6H12N4/c1-10-5-4-9-6(10)8-3-2-7/h4-5H,2-3,7H2,1H3,(H,8,9). The molecule has 0 radical (unpaired) electrons. The zero-order valence-corrected chi connectivity index (χ0v) is 6.04. The minimum Gasteiger partial charge on any atom is -0.354 e. The summed E-state index contributed by atoms with van der Waals surface area (Å²) in [4.78, 5) is 4.05. The van der Waals surface area contributed by atoms with Crippen LogP contribution in [-0.4, -0.2) is 22.6 Å². The number of aromatic nitrogens is 2. The lowest BCUT2D eigenvalue weighted by atomic mass is 10.6. The van der Waals surface area contributed by atoms with Crippen molar-refractivity contribution in [2.45, 2.75) is 0 Å².